The molecule has 0 spiro atoms. The molecular weight excluding hydrogens is 150 g/mol. The van der Waals surface area contributed by atoms with Crippen molar-refractivity contribution in [2.45, 2.75) is 40.5 Å². The van der Waals surface area contributed by atoms with Gasteiger partial charge in [-0.15, -0.1) is 0 Å². The second-order valence-corrected chi connectivity index (χ2v) is 4.04. The Kier molecular flexibility index (Phi) is 5.77. The first-order valence-electron chi connectivity index (χ1n) is 4.65. The zero-order chi connectivity index (χ0) is 9.56. The number of hydrogen-bond donors (Lipinski definition) is 0. The summed E-state index contributed by atoms with van der Waals surface area (Å²) < 4.78 is 0. The lowest BCUT2D eigenvalue weighted by atomic mass is 9.99. The van der Waals surface area contributed by atoms with Crippen molar-refractivity contribution in [3.63, 3.8) is 0 Å². The lowest BCUT2D eigenvalue weighted by Gasteiger charge is -2.09. The number of hydrogen-bond acceptors (Lipinski definition) is 2. The van der Waals surface area contributed by atoms with Crippen molar-refractivity contribution < 1.29 is 4.84 Å². The van der Waals surface area contributed by atoms with E-state index >= 15 is 0 Å². The molecule has 2 nitrogen and oxygen atoms in total. The van der Waals surface area contributed by atoms with Crippen LogP contribution in [0.3, 0.4) is 0 Å². The molecule has 0 aliphatic carbocycles. The van der Waals surface area contributed by atoms with Crippen molar-refractivity contribution in [2.24, 2.45) is 17.0 Å². The highest BCUT2D eigenvalue weighted by molar-refractivity contribution is 5.84. The Morgan fingerprint density at radius 3 is 1.75 bits per heavy atom. The Morgan fingerprint density at radius 1 is 1.08 bits per heavy atom. The summed E-state index contributed by atoms with van der Waals surface area (Å²) in [7, 11) is 1.61. The van der Waals surface area contributed by atoms with Crippen LogP contribution in [0.1, 0.15) is 40.5 Å². The molecule has 0 bridgehead atoms. The van der Waals surface area contributed by atoms with Gasteiger partial charge >= 0.3 is 0 Å². The van der Waals surface area contributed by atoms with Crippen LogP contribution in [0.4, 0.5) is 0 Å². The first-order chi connectivity index (χ1) is 5.56. The molecule has 0 aromatic heterocycles. The molecule has 0 radical (unpaired) electrons. The standard InChI is InChI=1S/C10H21NO/c1-8(2)6-10(11-12-5)7-9(3)4/h8-9H,6-7H2,1-5H3. The van der Waals surface area contributed by atoms with Crippen molar-refractivity contribution in [2.75, 3.05) is 7.11 Å². The van der Waals surface area contributed by atoms with E-state index in [0.717, 1.165) is 12.8 Å². The third kappa shape index (κ3) is 6.20. The van der Waals surface area contributed by atoms with Gasteiger partial charge in [0.05, 0.1) is 5.71 Å². The lowest BCUT2D eigenvalue weighted by Crippen LogP contribution is -2.07. The quantitative estimate of drug-likeness (QED) is 0.460. The maximum atomic E-state index is 4.79. The van der Waals surface area contributed by atoms with Crippen LogP contribution in [0.2, 0.25) is 0 Å². The summed E-state index contributed by atoms with van der Waals surface area (Å²) in [5, 5.41) is 4.02. The summed E-state index contributed by atoms with van der Waals surface area (Å²) in [6.07, 6.45) is 2.10. The third-order valence-electron chi connectivity index (χ3n) is 1.51. The molecular formula is C10H21NO. The Morgan fingerprint density at radius 2 is 1.50 bits per heavy atom. The zero-order valence-electron chi connectivity index (χ0n) is 8.92. The van der Waals surface area contributed by atoms with E-state index in [0.29, 0.717) is 11.8 Å². The monoisotopic (exact) mass is 171 g/mol. The summed E-state index contributed by atoms with van der Waals surface area (Å²) >= 11 is 0. The van der Waals surface area contributed by atoms with E-state index in [1.165, 1.54) is 5.71 Å². The van der Waals surface area contributed by atoms with E-state index in [9.17, 15) is 0 Å². The first kappa shape index (κ1) is 11.5. The number of nitrogens with zero attached hydrogens (tertiary/aromatic N) is 1. The van der Waals surface area contributed by atoms with Gasteiger partial charge in [-0.3, -0.25) is 0 Å². The minimum atomic E-state index is 0.664. The van der Waals surface area contributed by atoms with E-state index in [2.05, 4.69) is 32.9 Å². The van der Waals surface area contributed by atoms with E-state index in [4.69, 9.17) is 4.84 Å². The lowest BCUT2D eigenvalue weighted by molar-refractivity contribution is 0.210. The normalized spacial score (nSPS) is 10.6. The average molecular weight is 171 g/mol. The molecule has 0 aromatic rings. The summed E-state index contributed by atoms with van der Waals surface area (Å²) in [5.74, 6) is 1.33. The molecule has 0 fully saturated rings. The highest BCUT2D eigenvalue weighted by Gasteiger charge is 2.06. The minimum absolute atomic E-state index is 0.664. The van der Waals surface area contributed by atoms with Crippen molar-refractivity contribution in [1.29, 1.82) is 0 Å². The van der Waals surface area contributed by atoms with Gasteiger partial charge in [-0.05, 0) is 24.7 Å². The highest BCUT2D eigenvalue weighted by atomic mass is 16.6. The SMILES string of the molecule is CON=C(CC(C)C)CC(C)C. The summed E-state index contributed by atoms with van der Waals surface area (Å²) in [6, 6.07) is 0. The van der Waals surface area contributed by atoms with Crippen molar-refractivity contribution in [3.8, 4) is 0 Å². The van der Waals surface area contributed by atoms with Gasteiger partial charge in [-0.2, -0.15) is 0 Å². The maximum absolute atomic E-state index is 4.79. The summed E-state index contributed by atoms with van der Waals surface area (Å²) in [6.45, 7) is 8.80. The second kappa shape index (κ2) is 6.04. The molecule has 0 N–H and O–H groups in total. The molecule has 2 heteroatoms. The van der Waals surface area contributed by atoms with Gasteiger partial charge in [0.2, 0.25) is 0 Å². The van der Waals surface area contributed by atoms with Gasteiger partial charge in [0.15, 0.2) is 0 Å². The summed E-state index contributed by atoms with van der Waals surface area (Å²) in [5.41, 5.74) is 1.18. The second-order valence-electron chi connectivity index (χ2n) is 4.04. The molecule has 0 aromatic carbocycles. The van der Waals surface area contributed by atoms with Crippen LogP contribution >= 0.6 is 0 Å². The molecule has 0 amide bonds. The van der Waals surface area contributed by atoms with Gasteiger partial charge in [0.1, 0.15) is 7.11 Å². The fraction of sp³-hybridized carbons (Fsp3) is 0.900. The molecule has 0 heterocycles. The van der Waals surface area contributed by atoms with Gasteiger partial charge in [0, 0.05) is 0 Å². The summed E-state index contributed by atoms with van der Waals surface area (Å²) in [4.78, 5) is 4.79. The first-order valence-corrected chi connectivity index (χ1v) is 4.65. The Bertz CT molecular complexity index is 127. The van der Waals surface area contributed by atoms with Crippen LogP contribution in [0, 0.1) is 11.8 Å². The van der Waals surface area contributed by atoms with Gasteiger partial charge in [-0.1, -0.05) is 32.9 Å². The highest BCUT2D eigenvalue weighted by Crippen LogP contribution is 2.10. The van der Waals surface area contributed by atoms with E-state index in [1.54, 1.807) is 7.11 Å². The van der Waals surface area contributed by atoms with Crippen LogP contribution in [0.15, 0.2) is 5.16 Å². The minimum Gasteiger partial charge on any atom is -0.399 e. The zero-order valence-corrected chi connectivity index (χ0v) is 8.92. The molecule has 0 rings (SSSR count). The fourth-order valence-corrected chi connectivity index (χ4v) is 1.23. The van der Waals surface area contributed by atoms with Gasteiger partial charge < -0.3 is 4.84 Å². The molecule has 0 saturated carbocycles. The van der Waals surface area contributed by atoms with Crippen LogP contribution in [0.5, 0.6) is 0 Å². The number of rotatable bonds is 5. The van der Waals surface area contributed by atoms with Crippen LogP contribution < -0.4 is 0 Å². The van der Waals surface area contributed by atoms with Crippen LogP contribution in [-0.2, 0) is 4.84 Å². The van der Waals surface area contributed by atoms with Crippen LogP contribution in [0.25, 0.3) is 0 Å². The van der Waals surface area contributed by atoms with Crippen molar-refractivity contribution in [1.82, 2.24) is 0 Å². The Labute approximate surface area is 76.0 Å². The topological polar surface area (TPSA) is 21.6 Å². The Balaban J connectivity index is 3.96. The predicted octanol–water partition coefficient (Wildman–Crippen LogP) is 3.08. The molecule has 0 atom stereocenters. The largest absolute Gasteiger partial charge is 0.399 e. The molecule has 72 valence electrons. The average Bonchev–Trinajstić information content (AvgIpc) is 1.84. The molecule has 0 aliphatic heterocycles. The van der Waals surface area contributed by atoms with Crippen molar-refractivity contribution >= 4 is 5.71 Å². The molecule has 12 heavy (non-hydrogen) atoms. The van der Waals surface area contributed by atoms with E-state index in [-0.39, 0.29) is 0 Å². The predicted molar refractivity (Wildman–Crippen MR) is 53.4 cm³/mol. The molecule has 0 unspecified atom stereocenters. The van der Waals surface area contributed by atoms with Gasteiger partial charge in [0.25, 0.3) is 0 Å². The third-order valence-corrected chi connectivity index (χ3v) is 1.51. The van der Waals surface area contributed by atoms with Crippen molar-refractivity contribution in [3.05, 3.63) is 0 Å². The maximum Gasteiger partial charge on any atom is 0.106 e. The smallest absolute Gasteiger partial charge is 0.106 e. The molecule has 0 aliphatic rings. The van der Waals surface area contributed by atoms with E-state index < -0.39 is 0 Å². The van der Waals surface area contributed by atoms with Gasteiger partial charge in [-0.25, -0.2) is 0 Å². The molecule has 0 saturated heterocycles. The Hall–Kier alpha value is -0.530. The van der Waals surface area contributed by atoms with E-state index in [1.807, 2.05) is 0 Å². The fourth-order valence-electron chi connectivity index (χ4n) is 1.23. The van der Waals surface area contributed by atoms with Crippen LogP contribution in [-0.4, -0.2) is 12.8 Å². The number of oxime groups is 1.